The average molecular weight is 698 g/mol. The maximum atomic E-state index is 13.2. The van der Waals surface area contributed by atoms with E-state index in [1.807, 2.05) is 66.7 Å². The van der Waals surface area contributed by atoms with Crippen molar-refractivity contribution in [3.63, 3.8) is 0 Å². The zero-order valence-corrected chi connectivity index (χ0v) is 29.7. The lowest BCUT2D eigenvalue weighted by Crippen LogP contribution is -2.57. The molecule has 3 fully saturated rings. The highest BCUT2D eigenvalue weighted by Crippen LogP contribution is 2.43. The van der Waals surface area contributed by atoms with Crippen LogP contribution in [0.1, 0.15) is 81.5 Å². The number of carbonyl (C=O) groups excluding carboxylic acids is 3. The first kappa shape index (κ1) is 36.5. The van der Waals surface area contributed by atoms with Gasteiger partial charge < -0.3 is 40.3 Å². The first-order valence-electron chi connectivity index (χ1n) is 18.2. The molecule has 11 nitrogen and oxygen atoms in total. The number of piperidine rings is 1. The van der Waals surface area contributed by atoms with Gasteiger partial charge in [-0.25, -0.2) is 0 Å². The summed E-state index contributed by atoms with van der Waals surface area (Å²) in [5, 5.41) is 18.5. The Balaban J connectivity index is 1.11. The number of amides is 3. The average Bonchev–Trinajstić information content (AvgIpc) is 3.46. The molecule has 0 aliphatic carbocycles. The molecular weight excluding hydrogens is 646 g/mol. The Hall–Kier alpha value is -4.29. The summed E-state index contributed by atoms with van der Waals surface area (Å²) in [4.78, 5) is 41.5. The summed E-state index contributed by atoms with van der Waals surface area (Å²) in [6, 6.07) is 25.7. The summed E-state index contributed by atoms with van der Waals surface area (Å²) >= 11 is 0. The van der Waals surface area contributed by atoms with Gasteiger partial charge in [0.05, 0.1) is 25.5 Å². The molecule has 0 saturated carbocycles. The minimum Gasteiger partial charge on any atom is -0.392 e. The number of nitrogens with zero attached hydrogens (tertiary/aromatic N) is 2. The normalized spacial score (nSPS) is 23.2. The van der Waals surface area contributed by atoms with E-state index in [9.17, 15) is 19.5 Å². The highest BCUT2D eigenvalue weighted by molar-refractivity contribution is 5.93. The molecule has 0 unspecified atom stereocenters. The van der Waals surface area contributed by atoms with E-state index >= 15 is 0 Å². The molecule has 0 aromatic heterocycles. The Labute approximate surface area is 300 Å². The molecule has 3 heterocycles. The van der Waals surface area contributed by atoms with Crippen molar-refractivity contribution < 1.29 is 29.0 Å². The summed E-state index contributed by atoms with van der Waals surface area (Å²) < 4.78 is 13.4. The lowest BCUT2D eigenvalue weighted by molar-refractivity contribution is -0.276. The van der Waals surface area contributed by atoms with Crippen molar-refractivity contribution in [1.29, 1.82) is 0 Å². The van der Waals surface area contributed by atoms with E-state index in [0.717, 1.165) is 67.6 Å². The summed E-state index contributed by atoms with van der Waals surface area (Å²) in [5.74, 6) is 0.0538. The van der Waals surface area contributed by atoms with Crippen molar-refractivity contribution in [3.05, 3.63) is 95.6 Å². The molecule has 6 rings (SSSR count). The third kappa shape index (κ3) is 8.78. The third-order valence-corrected chi connectivity index (χ3v) is 10.6. The number of unbranched alkanes of at least 4 members (excludes halogenated alkanes) is 2. The van der Waals surface area contributed by atoms with Crippen molar-refractivity contribution in [3.8, 4) is 0 Å². The Bertz CT molecular complexity index is 1610. The minimum absolute atomic E-state index is 0.0205. The number of carbonyl (C=O) groups is 3. The fourth-order valence-corrected chi connectivity index (χ4v) is 7.52. The van der Waals surface area contributed by atoms with Crippen LogP contribution in [-0.4, -0.2) is 72.2 Å². The van der Waals surface area contributed by atoms with Gasteiger partial charge in [-0.15, -0.1) is 0 Å². The summed E-state index contributed by atoms with van der Waals surface area (Å²) in [6.07, 6.45) is 3.33. The molecule has 3 saturated heterocycles. The van der Waals surface area contributed by atoms with Gasteiger partial charge >= 0.3 is 0 Å². The van der Waals surface area contributed by atoms with Gasteiger partial charge in [-0.2, -0.15) is 0 Å². The van der Waals surface area contributed by atoms with Crippen LogP contribution in [0.4, 0.5) is 11.4 Å². The van der Waals surface area contributed by atoms with Gasteiger partial charge in [-0.05, 0) is 61.1 Å². The topological polar surface area (TPSA) is 132 Å². The van der Waals surface area contributed by atoms with Crippen molar-refractivity contribution in [2.45, 2.75) is 83.0 Å². The van der Waals surface area contributed by atoms with Crippen LogP contribution < -0.4 is 20.9 Å². The van der Waals surface area contributed by atoms with Gasteiger partial charge in [0, 0.05) is 62.4 Å². The molecule has 3 aromatic rings. The van der Waals surface area contributed by atoms with E-state index in [1.54, 1.807) is 0 Å². The van der Waals surface area contributed by atoms with Gasteiger partial charge in [0.25, 0.3) is 0 Å². The quantitative estimate of drug-likeness (QED) is 0.183. The highest BCUT2D eigenvalue weighted by Gasteiger charge is 2.51. The van der Waals surface area contributed by atoms with Crippen LogP contribution in [-0.2, 0) is 30.5 Å². The van der Waals surface area contributed by atoms with Gasteiger partial charge in [0.15, 0.2) is 6.29 Å². The lowest BCUT2D eigenvalue weighted by atomic mass is 9.84. The molecule has 0 radical (unpaired) electrons. The number of rotatable bonds is 13. The second-order valence-electron chi connectivity index (χ2n) is 14.0. The number of benzene rings is 3. The van der Waals surface area contributed by atoms with Crippen LogP contribution in [0.25, 0.3) is 0 Å². The summed E-state index contributed by atoms with van der Waals surface area (Å²) in [6.45, 7) is 7.04. The van der Waals surface area contributed by atoms with E-state index in [4.69, 9.17) is 9.47 Å². The van der Waals surface area contributed by atoms with E-state index in [2.05, 4.69) is 44.8 Å². The SMILES string of the molecule is CC(=O)NCCCCCC(=O)Nc1ccc([C@@H]2O[C@H](CN3CCC4(CC3)C(=O)NCN4c3ccccc3)[C@H](C)[C@H](c3ccc(CO)cc3)O2)cc1. The first-order valence-corrected chi connectivity index (χ1v) is 18.2. The van der Waals surface area contributed by atoms with Gasteiger partial charge in [-0.1, -0.05) is 67.9 Å². The minimum atomic E-state index is -0.618. The number of nitrogens with one attached hydrogen (secondary N) is 3. The smallest absolute Gasteiger partial charge is 0.247 e. The number of likely N-dealkylation sites (tertiary alicyclic amines) is 1. The Morgan fingerprint density at radius 3 is 2.31 bits per heavy atom. The van der Waals surface area contributed by atoms with Crippen molar-refractivity contribution in [2.24, 2.45) is 5.92 Å². The van der Waals surface area contributed by atoms with Crippen molar-refractivity contribution in [2.75, 3.05) is 43.1 Å². The monoisotopic (exact) mass is 697 g/mol. The molecule has 3 aromatic carbocycles. The first-order chi connectivity index (χ1) is 24.8. The van der Waals surface area contributed by atoms with Crippen LogP contribution in [0.3, 0.4) is 0 Å². The second-order valence-corrected chi connectivity index (χ2v) is 14.0. The number of para-hydroxylation sites is 1. The third-order valence-electron chi connectivity index (χ3n) is 10.6. The van der Waals surface area contributed by atoms with E-state index in [1.165, 1.54) is 6.92 Å². The fourth-order valence-electron chi connectivity index (χ4n) is 7.52. The Morgan fingerprint density at radius 2 is 1.63 bits per heavy atom. The van der Waals surface area contributed by atoms with Gasteiger partial charge in [-0.3, -0.25) is 14.4 Å². The van der Waals surface area contributed by atoms with Crippen molar-refractivity contribution in [1.82, 2.24) is 15.5 Å². The molecule has 1 spiro atoms. The summed E-state index contributed by atoms with van der Waals surface area (Å²) in [7, 11) is 0. The highest BCUT2D eigenvalue weighted by atomic mass is 16.7. The summed E-state index contributed by atoms with van der Waals surface area (Å²) in [5.41, 5.74) is 3.95. The maximum absolute atomic E-state index is 13.2. The number of aliphatic hydroxyl groups is 1. The van der Waals surface area contributed by atoms with Crippen LogP contribution in [0.5, 0.6) is 0 Å². The number of hydrogen-bond donors (Lipinski definition) is 4. The molecule has 4 N–H and O–H groups in total. The number of ether oxygens (including phenoxy) is 2. The fraction of sp³-hybridized carbons (Fsp3) is 0.475. The number of hydrogen-bond acceptors (Lipinski definition) is 8. The van der Waals surface area contributed by atoms with Crippen LogP contribution in [0, 0.1) is 5.92 Å². The number of aliphatic hydroxyl groups excluding tert-OH is 1. The molecule has 4 atom stereocenters. The number of anilines is 2. The second kappa shape index (κ2) is 16.8. The standard InChI is InChI=1S/C40H51N5O6/c1-28-35(25-44-23-20-40(21-24-44)39(49)42-27-45(40)34-9-5-3-6-10-34)50-38(51-37(28)31-14-12-30(26-46)13-15-31)32-16-18-33(19-17-32)43-36(48)11-7-4-8-22-41-29(2)47/h3,5-6,9-10,12-19,28,35,37-38,46H,4,7-8,11,20-27H2,1-2H3,(H,41,47)(H,42,49)(H,43,48)/t28-,35+,37+,38+/m0/s1. The zero-order chi connectivity index (χ0) is 35.8. The molecule has 272 valence electrons. The molecule has 3 amide bonds. The molecule has 51 heavy (non-hydrogen) atoms. The van der Waals surface area contributed by atoms with Crippen LogP contribution in [0.2, 0.25) is 0 Å². The van der Waals surface area contributed by atoms with E-state index < -0.39 is 11.8 Å². The van der Waals surface area contributed by atoms with Gasteiger partial charge in [0.2, 0.25) is 17.7 Å². The molecular formula is C40H51N5O6. The van der Waals surface area contributed by atoms with Crippen molar-refractivity contribution >= 4 is 29.1 Å². The predicted octanol–water partition coefficient (Wildman–Crippen LogP) is 5.03. The zero-order valence-electron chi connectivity index (χ0n) is 29.7. The molecule has 3 aliphatic rings. The Morgan fingerprint density at radius 1 is 0.922 bits per heavy atom. The maximum Gasteiger partial charge on any atom is 0.247 e. The van der Waals surface area contributed by atoms with Crippen LogP contribution >= 0.6 is 0 Å². The lowest BCUT2D eigenvalue weighted by Gasteiger charge is -2.46. The van der Waals surface area contributed by atoms with E-state index in [-0.39, 0.29) is 42.5 Å². The van der Waals surface area contributed by atoms with Crippen LogP contribution in [0.15, 0.2) is 78.9 Å². The predicted molar refractivity (Wildman–Crippen MR) is 196 cm³/mol. The molecule has 0 bridgehead atoms. The molecule has 3 aliphatic heterocycles. The Kier molecular flexibility index (Phi) is 12.0. The molecule has 11 heteroatoms. The largest absolute Gasteiger partial charge is 0.392 e. The van der Waals surface area contributed by atoms with E-state index in [0.29, 0.717) is 31.9 Å². The van der Waals surface area contributed by atoms with Gasteiger partial charge in [0.1, 0.15) is 5.54 Å².